The SMILES string of the molecule is CCOc1c(CNc2ccc(S(N)(=O)=O)cc2)cc(Cl)cc1OC. The van der Waals surface area contributed by atoms with E-state index in [1.165, 1.54) is 12.1 Å². The van der Waals surface area contributed by atoms with Gasteiger partial charge in [-0.15, -0.1) is 0 Å². The van der Waals surface area contributed by atoms with Gasteiger partial charge in [0.25, 0.3) is 0 Å². The van der Waals surface area contributed by atoms with E-state index in [1.807, 2.05) is 6.92 Å². The minimum atomic E-state index is -3.70. The lowest BCUT2D eigenvalue weighted by atomic mass is 10.1. The summed E-state index contributed by atoms with van der Waals surface area (Å²) in [4.78, 5) is 0.0625. The van der Waals surface area contributed by atoms with E-state index in [9.17, 15) is 8.42 Å². The van der Waals surface area contributed by atoms with Gasteiger partial charge in [0.15, 0.2) is 11.5 Å². The van der Waals surface area contributed by atoms with Gasteiger partial charge in [-0.3, -0.25) is 0 Å². The fraction of sp³-hybridized carbons (Fsp3) is 0.250. The molecule has 0 saturated carbocycles. The van der Waals surface area contributed by atoms with Gasteiger partial charge in [-0.25, -0.2) is 13.6 Å². The zero-order valence-electron chi connectivity index (χ0n) is 13.4. The number of nitrogens with two attached hydrogens (primary N) is 1. The standard InChI is InChI=1S/C16H19ClN2O4S/c1-3-23-16-11(8-12(17)9-15(16)22-2)10-19-13-4-6-14(7-5-13)24(18,20)21/h4-9,19H,3,10H2,1-2H3,(H2,18,20,21). The molecule has 0 unspecified atom stereocenters. The van der Waals surface area contributed by atoms with Gasteiger partial charge in [-0.05, 0) is 37.3 Å². The number of rotatable bonds is 7. The van der Waals surface area contributed by atoms with Crippen LogP contribution in [-0.4, -0.2) is 22.1 Å². The molecule has 0 aromatic heterocycles. The van der Waals surface area contributed by atoms with Crippen molar-refractivity contribution in [1.82, 2.24) is 0 Å². The lowest BCUT2D eigenvalue weighted by Crippen LogP contribution is -2.12. The van der Waals surface area contributed by atoms with Crippen molar-refractivity contribution in [3.63, 3.8) is 0 Å². The second kappa shape index (κ2) is 7.74. The Kier molecular flexibility index (Phi) is 5.93. The van der Waals surface area contributed by atoms with E-state index in [0.29, 0.717) is 29.7 Å². The van der Waals surface area contributed by atoms with Crippen molar-refractivity contribution in [2.45, 2.75) is 18.4 Å². The van der Waals surface area contributed by atoms with E-state index in [4.69, 9.17) is 26.2 Å². The molecule has 0 aliphatic rings. The lowest BCUT2D eigenvalue weighted by molar-refractivity contribution is 0.308. The molecule has 0 atom stereocenters. The summed E-state index contributed by atoms with van der Waals surface area (Å²) in [7, 11) is -2.14. The fourth-order valence-electron chi connectivity index (χ4n) is 2.17. The first-order valence-corrected chi connectivity index (χ1v) is 9.13. The van der Waals surface area contributed by atoms with Gasteiger partial charge < -0.3 is 14.8 Å². The quantitative estimate of drug-likeness (QED) is 0.781. The van der Waals surface area contributed by atoms with Crippen molar-refractivity contribution in [3.8, 4) is 11.5 Å². The monoisotopic (exact) mass is 370 g/mol. The molecule has 3 N–H and O–H groups in total. The minimum absolute atomic E-state index is 0.0625. The van der Waals surface area contributed by atoms with Crippen LogP contribution < -0.4 is 19.9 Å². The Morgan fingerprint density at radius 1 is 1.21 bits per heavy atom. The maximum atomic E-state index is 11.3. The summed E-state index contributed by atoms with van der Waals surface area (Å²) in [6, 6.07) is 9.65. The largest absolute Gasteiger partial charge is 0.493 e. The van der Waals surface area contributed by atoms with Gasteiger partial charge in [0.2, 0.25) is 10.0 Å². The molecule has 0 fully saturated rings. The molecule has 0 saturated heterocycles. The van der Waals surface area contributed by atoms with Crippen LogP contribution in [0.25, 0.3) is 0 Å². The van der Waals surface area contributed by atoms with Crippen LogP contribution in [-0.2, 0) is 16.6 Å². The molecule has 0 amide bonds. The van der Waals surface area contributed by atoms with Crippen LogP contribution in [0, 0.1) is 0 Å². The molecule has 2 aromatic carbocycles. The van der Waals surface area contributed by atoms with E-state index in [-0.39, 0.29) is 4.90 Å². The van der Waals surface area contributed by atoms with Crippen LogP contribution >= 0.6 is 11.6 Å². The Morgan fingerprint density at radius 2 is 1.88 bits per heavy atom. The van der Waals surface area contributed by atoms with E-state index in [1.54, 1.807) is 31.4 Å². The first-order chi connectivity index (χ1) is 11.3. The second-order valence-electron chi connectivity index (χ2n) is 4.95. The van der Waals surface area contributed by atoms with E-state index >= 15 is 0 Å². The van der Waals surface area contributed by atoms with Crippen molar-refractivity contribution in [2.75, 3.05) is 19.0 Å². The highest BCUT2D eigenvalue weighted by molar-refractivity contribution is 7.89. The topological polar surface area (TPSA) is 90.6 Å². The number of hydrogen-bond acceptors (Lipinski definition) is 5. The molecular formula is C16H19ClN2O4S. The summed E-state index contributed by atoms with van der Waals surface area (Å²) >= 11 is 6.11. The highest BCUT2D eigenvalue weighted by atomic mass is 35.5. The second-order valence-corrected chi connectivity index (χ2v) is 6.95. The Labute approximate surface area is 146 Å². The first kappa shape index (κ1) is 18.4. The molecular weight excluding hydrogens is 352 g/mol. The van der Waals surface area contributed by atoms with Crippen LogP contribution in [0.1, 0.15) is 12.5 Å². The molecule has 6 nitrogen and oxygen atoms in total. The molecule has 130 valence electrons. The fourth-order valence-corrected chi connectivity index (χ4v) is 2.92. The number of hydrogen-bond donors (Lipinski definition) is 2. The molecule has 0 aliphatic carbocycles. The summed E-state index contributed by atoms with van der Waals surface area (Å²) in [5.41, 5.74) is 1.57. The molecule has 2 aromatic rings. The van der Waals surface area contributed by atoms with Gasteiger partial charge in [0, 0.05) is 28.9 Å². The summed E-state index contributed by atoms with van der Waals surface area (Å²) in [6.45, 7) is 2.81. The number of benzene rings is 2. The number of ether oxygens (including phenoxy) is 2. The van der Waals surface area contributed by atoms with Crippen LogP contribution in [0.15, 0.2) is 41.3 Å². The Bertz CT molecular complexity index is 808. The van der Waals surface area contributed by atoms with Crippen LogP contribution in [0.3, 0.4) is 0 Å². The van der Waals surface area contributed by atoms with Crippen LogP contribution in [0.5, 0.6) is 11.5 Å². The maximum Gasteiger partial charge on any atom is 0.238 e. The molecule has 2 rings (SSSR count). The third-order valence-electron chi connectivity index (χ3n) is 3.27. The average molecular weight is 371 g/mol. The lowest BCUT2D eigenvalue weighted by Gasteiger charge is -2.16. The predicted molar refractivity (Wildman–Crippen MR) is 94.3 cm³/mol. The van der Waals surface area contributed by atoms with E-state index in [2.05, 4.69) is 5.32 Å². The highest BCUT2D eigenvalue weighted by Crippen LogP contribution is 2.35. The number of nitrogens with one attached hydrogen (secondary N) is 1. The van der Waals surface area contributed by atoms with E-state index in [0.717, 1.165) is 11.3 Å². The summed E-state index contributed by atoms with van der Waals surface area (Å²) in [6.07, 6.45) is 0. The average Bonchev–Trinajstić information content (AvgIpc) is 2.54. The molecule has 0 spiro atoms. The number of sulfonamides is 1. The number of anilines is 1. The summed E-state index contributed by atoms with van der Waals surface area (Å²) < 4.78 is 33.5. The van der Waals surface area contributed by atoms with Crippen molar-refractivity contribution in [2.24, 2.45) is 5.14 Å². The molecule has 0 radical (unpaired) electrons. The number of halogens is 1. The van der Waals surface area contributed by atoms with Gasteiger partial charge in [0.05, 0.1) is 18.6 Å². The molecule has 0 aliphatic heterocycles. The molecule has 8 heteroatoms. The minimum Gasteiger partial charge on any atom is -0.493 e. The molecule has 0 heterocycles. The van der Waals surface area contributed by atoms with Crippen LogP contribution in [0.2, 0.25) is 5.02 Å². The predicted octanol–water partition coefficient (Wildman–Crippen LogP) is 3.01. The molecule has 24 heavy (non-hydrogen) atoms. The van der Waals surface area contributed by atoms with Gasteiger partial charge in [-0.1, -0.05) is 11.6 Å². The summed E-state index contributed by atoms with van der Waals surface area (Å²) in [5.74, 6) is 1.18. The van der Waals surface area contributed by atoms with Crippen molar-refractivity contribution < 1.29 is 17.9 Å². The summed E-state index contributed by atoms with van der Waals surface area (Å²) in [5, 5.41) is 8.81. The third-order valence-corrected chi connectivity index (χ3v) is 4.42. The van der Waals surface area contributed by atoms with Crippen molar-refractivity contribution in [1.29, 1.82) is 0 Å². The Hall–Kier alpha value is -1.96. The Balaban J connectivity index is 2.21. The van der Waals surface area contributed by atoms with Gasteiger partial charge in [0.1, 0.15) is 0 Å². The normalized spacial score (nSPS) is 11.2. The van der Waals surface area contributed by atoms with Crippen molar-refractivity contribution in [3.05, 3.63) is 47.0 Å². The smallest absolute Gasteiger partial charge is 0.238 e. The first-order valence-electron chi connectivity index (χ1n) is 7.21. The third kappa shape index (κ3) is 4.53. The number of primary sulfonamides is 1. The molecule has 0 bridgehead atoms. The number of methoxy groups -OCH3 is 1. The Morgan fingerprint density at radius 3 is 2.42 bits per heavy atom. The highest BCUT2D eigenvalue weighted by Gasteiger charge is 2.13. The zero-order valence-corrected chi connectivity index (χ0v) is 14.9. The van der Waals surface area contributed by atoms with Gasteiger partial charge >= 0.3 is 0 Å². The zero-order chi connectivity index (χ0) is 17.7. The van der Waals surface area contributed by atoms with Gasteiger partial charge in [-0.2, -0.15) is 0 Å². The maximum absolute atomic E-state index is 11.3. The van der Waals surface area contributed by atoms with Crippen molar-refractivity contribution >= 4 is 27.3 Å². The van der Waals surface area contributed by atoms with Crippen LogP contribution in [0.4, 0.5) is 5.69 Å². The van der Waals surface area contributed by atoms with E-state index < -0.39 is 10.0 Å².